The van der Waals surface area contributed by atoms with Crippen molar-refractivity contribution < 1.29 is 9.90 Å². The summed E-state index contributed by atoms with van der Waals surface area (Å²) in [7, 11) is 0. The number of carbonyl (C=O) groups excluding carboxylic acids is 1. The van der Waals surface area contributed by atoms with Gasteiger partial charge in [-0.1, -0.05) is 6.92 Å². The molecule has 4 atom stereocenters. The molecule has 0 spiro atoms. The molecule has 17 heavy (non-hydrogen) atoms. The molecule has 2 heterocycles. The van der Waals surface area contributed by atoms with Gasteiger partial charge in [0.15, 0.2) is 0 Å². The Morgan fingerprint density at radius 1 is 1.35 bits per heavy atom. The van der Waals surface area contributed by atoms with E-state index in [0.717, 1.165) is 32.2 Å². The van der Waals surface area contributed by atoms with Gasteiger partial charge in [-0.3, -0.25) is 4.79 Å². The van der Waals surface area contributed by atoms with Crippen molar-refractivity contribution in [2.45, 2.75) is 57.7 Å². The van der Waals surface area contributed by atoms with Gasteiger partial charge in [0, 0.05) is 12.6 Å². The standard InChI is InChI=1S/C13H24N2O2/c1-9-6-7-15(12(9)8-16)13(17)11-5-3-4-10(2)14-11/h9-12,14,16H,3-8H2,1-2H3. The van der Waals surface area contributed by atoms with Gasteiger partial charge in [-0.05, 0) is 38.5 Å². The van der Waals surface area contributed by atoms with Crippen LogP contribution in [0.25, 0.3) is 0 Å². The second kappa shape index (κ2) is 5.36. The number of nitrogens with zero attached hydrogens (tertiary/aromatic N) is 1. The van der Waals surface area contributed by atoms with Crippen LogP contribution in [0.5, 0.6) is 0 Å². The van der Waals surface area contributed by atoms with E-state index in [1.807, 2.05) is 4.90 Å². The number of aliphatic hydroxyl groups is 1. The molecule has 2 aliphatic rings. The van der Waals surface area contributed by atoms with Crippen LogP contribution in [0.2, 0.25) is 0 Å². The molecule has 98 valence electrons. The van der Waals surface area contributed by atoms with Crippen LogP contribution in [-0.4, -0.2) is 47.2 Å². The Balaban J connectivity index is 1.99. The summed E-state index contributed by atoms with van der Waals surface area (Å²) in [5.74, 6) is 0.616. The second-order valence-electron chi connectivity index (χ2n) is 5.60. The summed E-state index contributed by atoms with van der Waals surface area (Å²) in [6.45, 7) is 5.15. The third kappa shape index (κ3) is 2.63. The highest BCUT2D eigenvalue weighted by molar-refractivity contribution is 5.82. The van der Waals surface area contributed by atoms with Gasteiger partial charge in [0.1, 0.15) is 0 Å². The minimum Gasteiger partial charge on any atom is -0.394 e. The summed E-state index contributed by atoms with van der Waals surface area (Å²) in [6.07, 6.45) is 4.23. The fraction of sp³-hybridized carbons (Fsp3) is 0.923. The zero-order chi connectivity index (χ0) is 12.4. The number of nitrogens with one attached hydrogen (secondary N) is 1. The summed E-state index contributed by atoms with van der Waals surface area (Å²) < 4.78 is 0. The molecule has 0 radical (unpaired) electrons. The molecule has 0 bridgehead atoms. The molecule has 2 rings (SSSR count). The molecule has 0 aromatic heterocycles. The maximum absolute atomic E-state index is 12.4. The molecule has 2 aliphatic heterocycles. The number of carbonyl (C=O) groups is 1. The van der Waals surface area contributed by atoms with E-state index in [1.54, 1.807) is 0 Å². The van der Waals surface area contributed by atoms with Crippen molar-refractivity contribution in [1.82, 2.24) is 10.2 Å². The Kier molecular flexibility index (Phi) is 4.05. The van der Waals surface area contributed by atoms with E-state index in [9.17, 15) is 9.90 Å². The van der Waals surface area contributed by atoms with Crippen molar-refractivity contribution in [2.75, 3.05) is 13.2 Å². The van der Waals surface area contributed by atoms with Crippen LogP contribution in [0, 0.1) is 5.92 Å². The van der Waals surface area contributed by atoms with Crippen molar-refractivity contribution in [3.8, 4) is 0 Å². The molecule has 2 saturated heterocycles. The van der Waals surface area contributed by atoms with Crippen molar-refractivity contribution in [3.05, 3.63) is 0 Å². The predicted octanol–water partition coefficient (Wildman–Crippen LogP) is 0.746. The van der Waals surface area contributed by atoms with Gasteiger partial charge in [-0.2, -0.15) is 0 Å². The Hall–Kier alpha value is -0.610. The maximum Gasteiger partial charge on any atom is 0.240 e. The number of aliphatic hydroxyl groups excluding tert-OH is 1. The van der Waals surface area contributed by atoms with Crippen LogP contribution in [0.3, 0.4) is 0 Å². The normalized spacial score (nSPS) is 38.4. The van der Waals surface area contributed by atoms with E-state index >= 15 is 0 Å². The number of hydrogen-bond donors (Lipinski definition) is 2. The van der Waals surface area contributed by atoms with E-state index in [4.69, 9.17) is 0 Å². The summed E-state index contributed by atoms with van der Waals surface area (Å²) in [5.41, 5.74) is 0. The second-order valence-corrected chi connectivity index (χ2v) is 5.60. The number of amides is 1. The van der Waals surface area contributed by atoms with Crippen LogP contribution < -0.4 is 5.32 Å². The minimum atomic E-state index is -0.0295. The lowest BCUT2D eigenvalue weighted by Crippen LogP contribution is -2.53. The van der Waals surface area contributed by atoms with E-state index in [0.29, 0.717) is 12.0 Å². The van der Waals surface area contributed by atoms with Crippen LogP contribution in [0.15, 0.2) is 0 Å². The summed E-state index contributed by atoms with van der Waals surface area (Å²) in [6, 6.07) is 0.435. The SMILES string of the molecule is CC1CCCC(C(=O)N2CCC(C)C2CO)N1. The molecular weight excluding hydrogens is 216 g/mol. The molecule has 4 unspecified atom stereocenters. The first-order valence-corrected chi connectivity index (χ1v) is 6.81. The Labute approximate surface area is 103 Å². The van der Waals surface area contributed by atoms with Gasteiger partial charge in [0.2, 0.25) is 5.91 Å². The number of rotatable bonds is 2. The predicted molar refractivity (Wildman–Crippen MR) is 66.6 cm³/mol. The molecule has 2 N–H and O–H groups in total. The average Bonchev–Trinajstić information content (AvgIpc) is 2.69. The Morgan fingerprint density at radius 2 is 2.12 bits per heavy atom. The van der Waals surface area contributed by atoms with Crippen LogP contribution in [-0.2, 0) is 4.79 Å². The molecule has 1 amide bonds. The highest BCUT2D eigenvalue weighted by atomic mass is 16.3. The molecule has 0 aromatic carbocycles. The zero-order valence-corrected chi connectivity index (χ0v) is 10.9. The Morgan fingerprint density at radius 3 is 2.76 bits per heavy atom. The summed E-state index contributed by atoms with van der Waals surface area (Å²) >= 11 is 0. The molecule has 4 heteroatoms. The molecule has 0 aromatic rings. The van der Waals surface area contributed by atoms with Crippen molar-refractivity contribution in [1.29, 1.82) is 0 Å². The third-order valence-corrected chi connectivity index (χ3v) is 4.27. The highest BCUT2D eigenvalue weighted by Crippen LogP contribution is 2.25. The van der Waals surface area contributed by atoms with Crippen molar-refractivity contribution in [3.63, 3.8) is 0 Å². The van der Waals surface area contributed by atoms with Crippen LogP contribution in [0.4, 0.5) is 0 Å². The van der Waals surface area contributed by atoms with Gasteiger partial charge in [-0.15, -0.1) is 0 Å². The first kappa shape index (κ1) is 12.8. The van der Waals surface area contributed by atoms with Crippen LogP contribution in [0.1, 0.15) is 39.5 Å². The van der Waals surface area contributed by atoms with Gasteiger partial charge >= 0.3 is 0 Å². The quantitative estimate of drug-likeness (QED) is 0.749. The molecule has 2 fully saturated rings. The lowest BCUT2D eigenvalue weighted by Gasteiger charge is -2.33. The number of hydrogen-bond acceptors (Lipinski definition) is 3. The molecule has 0 aliphatic carbocycles. The Bertz CT molecular complexity index is 283. The fourth-order valence-corrected chi connectivity index (χ4v) is 3.09. The van der Waals surface area contributed by atoms with Crippen molar-refractivity contribution >= 4 is 5.91 Å². The van der Waals surface area contributed by atoms with Gasteiger partial charge < -0.3 is 15.3 Å². The monoisotopic (exact) mass is 240 g/mol. The zero-order valence-electron chi connectivity index (χ0n) is 10.9. The average molecular weight is 240 g/mol. The molecule has 4 nitrogen and oxygen atoms in total. The fourth-order valence-electron chi connectivity index (χ4n) is 3.09. The maximum atomic E-state index is 12.4. The summed E-state index contributed by atoms with van der Waals surface area (Å²) in [4.78, 5) is 14.3. The largest absolute Gasteiger partial charge is 0.394 e. The van der Waals surface area contributed by atoms with Crippen molar-refractivity contribution in [2.24, 2.45) is 5.92 Å². The summed E-state index contributed by atoms with van der Waals surface area (Å²) in [5, 5.41) is 12.8. The topological polar surface area (TPSA) is 52.6 Å². The molecule has 0 saturated carbocycles. The van der Waals surface area contributed by atoms with E-state index in [2.05, 4.69) is 19.2 Å². The smallest absolute Gasteiger partial charge is 0.240 e. The van der Waals surface area contributed by atoms with E-state index in [1.165, 1.54) is 0 Å². The van der Waals surface area contributed by atoms with Gasteiger partial charge in [0.25, 0.3) is 0 Å². The first-order chi connectivity index (χ1) is 8.13. The first-order valence-electron chi connectivity index (χ1n) is 6.81. The van der Waals surface area contributed by atoms with E-state index < -0.39 is 0 Å². The number of likely N-dealkylation sites (tertiary alicyclic amines) is 1. The third-order valence-electron chi connectivity index (χ3n) is 4.27. The van der Waals surface area contributed by atoms with E-state index in [-0.39, 0.29) is 24.6 Å². The highest BCUT2D eigenvalue weighted by Gasteiger charge is 2.37. The van der Waals surface area contributed by atoms with Gasteiger partial charge in [-0.25, -0.2) is 0 Å². The molecular formula is C13H24N2O2. The minimum absolute atomic E-state index is 0.0292. The van der Waals surface area contributed by atoms with Gasteiger partial charge in [0.05, 0.1) is 18.7 Å². The number of piperidine rings is 1. The lowest BCUT2D eigenvalue weighted by atomic mass is 9.98. The lowest BCUT2D eigenvalue weighted by molar-refractivity contribution is -0.136. The van der Waals surface area contributed by atoms with Crippen LogP contribution >= 0.6 is 0 Å².